The Kier molecular flexibility index (Phi) is 5.02. The van der Waals surface area contributed by atoms with Gasteiger partial charge in [0, 0.05) is 5.56 Å². The number of carbonyl (C=O) groups excluding carboxylic acids is 1. The molecule has 142 valence electrons. The highest BCUT2D eigenvalue weighted by molar-refractivity contribution is 7.98. The Bertz CT molecular complexity index is 1140. The van der Waals surface area contributed by atoms with E-state index in [-0.39, 0.29) is 18.1 Å². The van der Waals surface area contributed by atoms with E-state index in [1.807, 2.05) is 0 Å². The molecule has 4 aromatic rings. The predicted molar refractivity (Wildman–Crippen MR) is 98.2 cm³/mol. The summed E-state index contributed by atoms with van der Waals surface area (Å²) in [4.78, 5) is 19.9. The van der Waals surface area contributed by atoms with Gasteiger partial charge in [0.2, 0.25) is 5.76 Å². The van der Waals surface area contributed by atoms with Crippen molar-refractivity contribution in [2.45, 2.75) is 17.3 Å². The first kappa shape index (κ1) is 18.1. The summed E-state index contributed by atoms with van der Waals surface area (Å²) in [5.41, 5.74) is 1.52. The fourth-order valence-electron chi connectivity index (χ4n) is 2.58. The van der Waals surface area contributed by atoms with E-state index in [4.69, 9.17) is 4.42 Å². The molecule has 0 aliphatic heterocycles. The Morgan fingerprint density at radius 3 is 2.93 bits per heavy atom. The average molecular weight is 399 g/mol. The lowest BCUT2D eigenvalue weighted by molar-refractivity contribution is 0.0563. The van der Waals surface area contributed by atoms with Gasteiger partial charge in [-0.15, -0.1) is 5.10 Å². The topological polar surface area (TPSA) is 95.9 Å². The van der Waals surface area contributed by atoms with Crippen molar-refractivity contribution >= 4 is 28.9 Å². The van der Waals surface area contributed by atoms with Crippen molar-refractivity contribution in [1.82, 2.24) is 25.0 Å². The van der Waals surface area contributed by atoms with Crippen LogP contribution in [0.5, 0.6) is 0 Å². The van der Waals surface area contributed by atoms with Crippen LogP contribution in [0.2, 0.25) is 0 Å². The van der Waals surface area contributed by atoms with Crippen molar-refractivity contribution in [2.24, 2.45) is 0 Å². The Balaban J connectivity index is 1.54. The number of esters is 1. The van der Waals surface area contributed by atoms with Gasteiger partial charge in [-0.25, -0.2) is 23.8 Å². The zero-order valence-corrected chi connectivity index (χ0v) is 15.5. The molecule has 4 rings (SSSR count). The fraction of sp³-hybridized carbons (Fsp3) is 0.167. The molecule has 28 heavy (non-hydrogen) atoms. The molecule has 10 heteroatoms. The summed E-state index contributed by atoms with van der Waals surface area (Å²) < 4.78 is 25.5. The molecule has 0 unspecified atom stereocenters. The van der Waals surface area contributed by atoms with Gasteiger partial charge in [-0.3, -0.25) is 0 Å². The maximum atomic E-state index is 13.9. The van der Waals surface area contributed by atoms with Gasteiger partial charge < -0.3 is 9.15 Å². The van der Waals surface area contributed by atoms with Gasteiger partial charge in [0.1, 0.15) is 22.9 Å². The number of nitrogens with zero attached hydrogens (tertiary/aromatic N) is 5. The van der Waals surface area contributed by atoms with Crippen molar-refractivity contribution in [3.8, 4) is 0 Å². The van der Waals surface area contributed by atoms with Crippen LogP contribution in [0.15, 0.2) is 52.2 Å². The second kappa shape index (κ2) is 7.77. The zero-order valence-electron chi connectivity index (χ0n) is 14.7. The summed E-state index contributed by atoms with van der Waals surface area (Å²) in [6.45, 7) is 0.213. The highest BCUT2D eigenvalue weighted by Crippen LogP contribution is 2.27. The van der Waals surface area contributed by atoms with E-state index < -0.39 is 5.97 Å². The smallest absolute Gasteiger partial charge is 0.373 e. The molecular weight excluding hydrogens is 385 g/mol. The number of fused-ring (bicyclic) bond motifs is 1. The normalized spacial score (nSPS) is 11.1. The monoisotopic (exact) mass is 399 g/mol. The van der Waals surface area contributed by atoms with Crippen molar-refractivity contribution in [2.75, 3.05) is 7.11 Å². The van der Waals surface area contributed by atoms with E-state index in [0.29, 0.717) is 33.3 Å². The standard InChI is InChI=1S/C18H14FN5O3S/c1-26-18(25)14-7-6-12(27-14)9-28-17-15-16(20-10-21-17)24(23-22-15)8-11-4-2-3-5-13(11)19/h2-7,10H,8-9H2,1H3. The van der Waals surface area contributed by atoms with Gasteiger partial charge >= 0.3 is 5.97 Å². The van der Waals surface area contributed by atoms with Gasteiger partial charge in [0.05, 0.1) is 19.4 Å². The molecule has 3 heterocycles. The molecule has 0 N–H and O–H groups in total. The molecule has 0 spiro atoms. The number of rotatable bonds is 6. The molecule has 0 radical (unpaired) electrons. The van der Waals surface area contributed by atoms with Crippen LogP contribution in [-0.4, -0.2) is 38.0 Å². The minimum atomic E-state index is -0.531. The van der Waals surface area contributed by atoms with Crippen LogP contribution in [0, 0.1) is 5.82 Å². The number of methoxy groups -OCH3 is 1. The number of aromatic nitrogens is 5. The second-order valence-corrected chi connectivity index (χ2v) is 6.70. The van der Waals surface area contributed by atoms with Crippen LogP contribution in [0.1, 0.15) is 21.9 Å². The van der Waals surface area contributed by atoms with E-state index in [0.717, 1.165) is 0 Å². The first-order chi connectivity index (χ1) is 13.7. The number of furan rings is 1. The Labute approximate surface area is 162 Å². The highest BCUT2D eigenvalue weighted by Gasteiger charge is 2.15. The van der Waals surface area contributed by atoms with Crippen molar-refractivity contribution in [1.29, 1.82) is 0 Å². The van der Waals surface area contributed by atoms with Crippen molar-refractivity contribution < 1.29 is 18.3 Å². The molecule has 0 atom stereocenters. The maximum Gasteiger partial charge on any atom is 0.373 e. The third-order valence-electron chi connectivity index (χ3n) is 3.94. The van der Waals surface area contributed by atoms with Crippen LogP contribution in [0.25, 0.3) is 11.2 Å². The largest absolute Gasteiger partial charge is 0.463 e. The Hall–Kier alpha value is -3.27. The van der Waals surface area contributed by atoms with Gasteiger partial charge in [0.15, 0.2) is 11.2 Å². The average Bonchev–Trinajstić information content (AvgIpc) is 3.35. The minimum Gasteiger partial charge on any atom is -0.463 e. The van der Waals surface area contributed by atoms with Gasteiger partial charge in [-0.1, -0.05) is 35.2 Å². The van der Waals surface area contributed by atoms with Crippen LogP contribution < -0.4 is 0 Å². The summed E-state index contributed by atoms with van der Waals surface area (Å²) in [5.74, 6) is 0.326. The van der Waals surface area contributed by atoms with E-state index >= 15 is 0 Å². The fourth-order valence-corrected chi connectivity index (χ4v) is 3.40. The molecule has 0 amide bonds. The zero-order chi connectivity index (χ0) is 19.5. The summed E-state index contributed by atoms with van der Waals surface area (Å²) in [7, 11) is 1.29. The lowest BCUT2D eigenvalue weighted by Gasteiger charge is -2.04. The van der Waals surface area contributed by atoms with Crippen molar-refractivity contribution in [3.05, 3.63) is 65.6 Å². The van der Waals surface area contributed by atoms with Crippen LogP contribution in [0.4, 0.5) is 4.39 Å². The van der Waals surface area contributed by atoms with E-state index in [9.17, 15) is 9.18 Å². The number of carbonyl (C=O) groups is 1. The Morgan fingerprint density at radius 1 is 1.25 bits per heavy atom. The molecular formula is C18H14FN5O3S. The third kappa shape index (κ3) is 3.58. The molecule has 3 aromatic heterocycles. The molecule has 0 aliphatic rings. The van der Waals surface area contributed by atoms with E-state index in [1.54, 1.807) is 30.3 Å². The predicted octanol–water partition coefficient (Wildman–Crippen LogP) is 3.08. The number of hydrogen-bond acceptors (Lipinski definition) is 8. The summed E-state index contributed by atoms with van der Waals surface area (Å²) in [6, 6.07) is 9.75. The van der Waals surface area contributed by atoms with Gasteiger partial charge in [0.25, 0.3) is 0 Å². The second-order valence-electron chi connectivity index (χ2n) is 5.74. The number of halogens is 1. The van der Waals surface area contributed by atoms with E-state index in [1.165, 1.54) is 35.9 Å². The first-order valence-corrected chi connectivity index (χ1v) is 9.21. The Morgan fingerprint density at radius 2 is 2.11 bits per heavy atom. The van der Waals surface area contributed by atoms with Crippen molar-refractivity contribution in [3.63, 3.8) is 0 Å². The number of hydrogen-bond donors (Lipinski definition) is 0. The molecule has 0 aliphatic carbocycles. The van der Waals surface area contributed by atoms with E-state index in [2.05, 4.69) is 25.0 Å². The lowest BCUT2D eigenvalue weighted by atomic mass is 10.2. The molecule has 1 aromatic carbocycles. The molecule has 0 saturated heterocycles. The first-order valence-electron chi connectivity index (χ1n) is 8.23. The maximum absolute atomic E-state index is 13.9. The quantitative estimate of drug-likeness (QED) is 0.277. The summed E-state index contributed by atoms with van der Waals surface area (Å²) >= 11 is 1.37. The van der Waals surface area contributed by atoms with Crippen LogP contribution in [-0.2, 0) is 17.0 Å². The van der Waals surface area contributed by atoms with Crippen LogP contribution >= 0.6 is 11.8 Å². The summed E-state index contributed by atoms with van der Waals surface area (Å²) in [5, 5.41) is 8.84. The number of benzene rings is 1. The minimum absolute atomic E-state index is 0.141. The molecule has 8 nitrogen and oxygen atoms in total. The van der Waals surface area contributed by atoms with Crippen LogP contribution in [0.3, 0.4) is 0 Å². The highest BCUT2D eigenvalue weighted by atomic mass is 32.2. The number of thioether (sulfide) groups is 1. The summed E-state index contributed by atoms with van der Waals surface area (Å²) in [6.07, 6.45) is 1.41. The number of ether oxygens (including phenoxy) is 1. The lowest BCUT2D eigenvalue weighted by Crippen LogP contribution is -2.04. The molecule has 0 saturated carbocycles. The molecule has 0 fully saturated rings. The SMILES string of the molecule is COC(=O)c1ccc(CSc2ncnc3c2nnn3Cc2ccccc2F)o1. The third-order valence-corrected chi connectivity index (χ3v) is 4.94. The molecule has 0 bridgehead atoms. The van der Waals surface area contributed by atoms with Gasteiger partial charge in [-0.05, 0) is 18.2 Å². The van der Waals surface area contributed by atoms with Gasteiger partial charge in [-0.2, -0.15) is 0 Å².